The van der Waals surface area contributed by atoms with E-state index in [1.54, 1.807) is 46.3 Å². The Labute approximate surface area is 247 Å². The summed E-state index contributed by atoms with van der Waals surface area (Å²) in [6, 6.07) is 9.08. The number of cyclic esters (lactones) is 1. The van der Waals surface area contributed by atoms with Gasteiger partial charge in [0.1, 0.15) is 36.8 Å². The summed E-state index contributed by atoms with van der Waals surface area (Å²) in [4.78, 5) is 13.4. The van der Waals surface area contributed by atoms with Crippen molar-refractivity contribution >= 4 is 16.7 Å². The van der Waals surface area contributed by atoms with Crippen molar-refractivity contribution in [2.24, 2.45) is 0 Å². The Hall–Kier alpha value is -3.81. The third-order valence-corrected chi connectivity index (χ3v) is 8.19. The number of carbonyl (C=O) groups is 1. The number of esters is 1. The predicted octanol–water partition coefficient (Wildman–Crippen LogP) is 3.55. The smallest absolute Gasteiger partial charge is 0.339 e. The van der Waals surface area contributed by atoms with Crippen LogP contribution in [0.1, 0.15) is 29.8 Å². The topological polar surface area (TPSA) is 130 Å². The quantitative estimate of drug-likeness (QED) is 0.401. The maximum Gasteiger partial charge on any atom is 0.339 e. The second-order valence-electron chi connectivity index (χ2n) is 11.1. The zero-order valence-electron chi connectivity index (χ0n) is 24.3. The number of aliphatic hydroxyl groups is 1. The molecule has 2 saturated heterocycles. The summed E-state index contributed by atoms with van der Waals surface area (Å²) < 4.78 is 59.0. The largest absolute Gasteiger partial charge is 0.493 e. The van der Waals surface area contributed by atoms with Crippen molar-refractivity contribution in [2.75, 3.05) is 34.7 Å². The van der Waals surface area contributed by atoms with E-state index in [0.717, 1.165) is 0 Å². The number of aliphatic hydroxyl groups excluding tert-OH is 1. The maximum atomic E-state index is 13.4. The second-order valence-corrected chi connectivity index (χ2v) is 11.1. The molecule has 4 heterocycles. The van der Waals surface area contributed by atoms with Gasteiger partial charge in [-0.2, -0.15) is 0 Å². The van der Waals surface area contributed by atoms with Crippen molar-refractivity contribution in [3.8, 4) is 39.9 Å². The standard InChI is InChI=1S/C31H32O12/c1-31(2)42-26-22(11-32)40-30(28(36-5)27(26)43-31)41-25-16-10-20(35-4)19(34-3)9-15(16)23(24-17(25)12-37-29(24)33)14-6-7-18-21(8-14)39-13-38-18/h6-10,22,26-28,30,32H,11-13H2,1-5H3. The lowest BCUT2D eigenvalue weighted by Gasteiger charge is -2.41. The van der Waals surface area contributed by atoms with Gasteiger partial charge in [-0.25, -0.2) is 4.79 Å². The third-order valence-electron chi connectivity index (χ3n) is 8.19. The molecule has 4 aliphatic rings. The van der Waals surface area contributed by atoms with E-state index in [-0.39, 0.29) is 20.0 Å². The summed E-state index contributed by atoms with van der Waals surface area (Å²) in [6.45, 7) is 3.34. The average Bonchev–Trinajstić information content (AvgIpc) is 3.71. The molecule has 5 atom stereocenters. The maximum absolute atomic E-state index is 13.4. The molecule has 3 aromatic rings. The lowest BCUT2D eigenvalue weighted by molar-refractivity contribution is -0.260. The minimum atomic E-state index is -1.03. The molecule has 43 heavy (non-hydrogen) atoms. The molecular weight excluding hydrogens is 564 g/mol. The van der Waals surface area contributed by atoms with E-state index in [2.05, 4.69) is 0 Å². The third kappa shape index (κ3) is 4.44. The van der Waals surface area contributed by atoms with Crippen LogP contribution in [0.15, 0.2) is 30.3 Å². The van der Waals surface area contributed by atoms with E-state index >= 15 is 0 Å². The second kappa shape index (κ2) is 10.4. The Morgan fingerprint density at radius 1 is 0.907 bits per heavy atom. The van der Waals surface area contributed by atoms with E-state index in [0.29, 0.717) is 61.8 Å². The lowest BCUT2D eigenvalue weighted by Crippen LogP contribution is -2.59. The molecule has 0 spiro atoms. The van der Waals surface area contributed by atoms with Crippen LogP contribution in [0.4, 0.5) is 0 Å². The van der Waals surface area contributed by atoms with Crippen LogP contribution >= 0.6 is 0 Å². The number of carbonyl (C=O) groups excluding carboxylic acids is 1. The number of ether oxygens (including phenoxy) is 10. The van der Waals surface area contributed by atoms with Crippen molar-refractivity contribution < 1.29 is 57.3 Å². The van der Waals surface area contributed by atoms with Crippen molar-refractivity contribution in [2.45, 2.75) is 56.9 Å². The van der Waals surface area contributed by atoms with Gasteiger partial charge in [0, 0.05) is 23.6 Å². The zero-order valence-corrected chi connectivity index (χ0v) is 24.3. The van der Waals surface area contributed by atoms with Crippen LogP contribution in [0, 0.1) is 0 Å². The van der Waals surface area contributed by atoms with Gasteiger partial charge in [-0.15, -0.1) is 0 Å². The molecule has 1 N–H and O–H groups in total. The van der Waals surface area contributed by atoms with Gasteiger partial charge in [-0.3, -0.25) is 0 Å². The molecule has 0 bridgehead atoms. The number of fused-ring (bicyclic) bond motifs is 4. The molecule has 5 unspecified atom stereocenters. The van der Waals surface area contributed by atoms with Crippen LogP contribution in [0.3, 0.4) is 0 Å². The Balaban J connectivity index is 1.42. The first-order valence-corrected chi connectivity index (χ1v) is 13.9. The highest BCUT2D eigenvalue weighted by Gasteiger charge is 2.56. The molecule has 3 aromatic carbocycles. The van der Waals surface area contributed by atoms with E-state index in [1.165, 1.54) is 7.11 Å². The monoisotopic (exact) mass is 596 g/mol. The average molecular weight is 597 g/mol. The fourth-order valence-corrected chi connectivity index (χ4v) is 6.34. The van der Waals surface area contributed by atoms with Crippen LogP contribution in [-0.2, 0) is 30.3 Å². The Kier molecular flexibility index (Phi) is 6.78. The fourth-order valence-electron chi connectivity index (χ4n) is 6.34. The highest BCUT2D eigenvalue weighted by Crippen LogP contribution is 2.50. The summed E-state index contributed by atoms with van der Waals surface area (Å²) in [5.41, 5.74) is 2.21. The number of rotatable bonds is 7. The number of methoxy groups -OCH3 is 3. The van der Waals surface area contributed by atoms with E-state index < -0.39 is 42.5 Å². The van der Waals surface area contributed by atoms with E-state index in [1.807, 2.05) is 12.1 Å². The van der Waals surface area contributed by atoms with Gasteiger partial charge < -0.3 is 52.5 Å². The van der Waals surface area contributed by atoms with Crippen molar-refractivity contribution in [3.05, 3.63) is 41.5 Å². The summed E-state index contributed by atoms with van der Waals surface area (Å²) in [5.74, 6) is 1.03. The van der Waals surface area contributed by atoms with Crippen LogP contribution in [0.2, 0.25) is 0 Å². The first-order valence-electron chi connectivity index (χ1n) is 13.9. The minimum Gasteiger partial charge on any atom is -0.493 e. The van der Waals surface area contributed by atoms with Crippen LogP contribution in [0.25, 0.3) is 21.9 Å². The number of hydrogen-bond acceptors (Lipinski definition) is 12. The first kappa shape index (κ1) is 28.0. The van der Waals surface area contributed by atoms with E-state index in [9.17, 15) is 9.90 Å². The lowest BCUT2D eigenvalue weighted by atomic mass is 9.89. The van der Waals surface area contributed by atoms with Gasteiger partial charge in [0.05, 0.1) is 26.4 Å². The van der Waals surface area contributed by atoms with E-state index in [4.69, 9.17) is 47.4 Å². The predicted molar refractivity (Wildman–Crippen MR) is 149 cm³/mol. The molecule has 4 aliphatic heterocycles. The molecule has 7 rings (SSSR count). The highest BCUT2D eigenvalue weighted by molar-refractivity contribution is 6.14. The Bertz CT molecular complexity index is 1600. The molecule has 0 amide bonds. The molecule has 12 heteroatoms. The first-order chi connectivity index (χ1) is 20.8. The van der Waals surface area contributed by atoms with Crippen LogP contribution in [-0.4, -0.2) is 82.3 Å². The number of benzene rings is 3. The zero-order chi connectivity index (χ0) is 30.0. The van der Waals surface area contributed by atoms with Gasteiger partial charge in [0.2, 0.25) is 13.1 Å². The molecular formula is C31H32O12. The molecule has 0 saturated carbocycles. The minimum absolute atomic E-state index is 0.0299. The highest BCUT2D eigenvalue weighted by atomic mass is 16.8. The summed E-state index contributed by atoms with van der Waals surface area (Å²) in [7, 11) is 4.61. The van der Waals surface area contributed by atoms with Crippen molar-refractivity contribution in [3.63, 3.8) is 0 Å². The van der Waals surface area contributed by atoms with Gasteiger partial charge >= 0.3 is 5.97 Å². The van der Waals surface area contributed by atoms with Gasteiger partial charge in [-0.05, 0) is 49.1 Å². The summed E-state index contributed by atoms with van der Waals surface area (Å²) >= 11 is 0. The Morgan fingerprint density at radius 3 is 2.35 bits per heavy atom. The van der Waals surface area contributed by atoms with Gasteiger partial charge in [-0.1, -0.05) is 6.07 Å². The molecule has 0 aliphatic carbocycles. The van der Waals surface area contributed by atoms with Crippen LogP contribution in [0.5, 0.6) is 28.7 Å². The number of hydrogen-bond donors (Lipinski definition) is 1. The molecule has 2 fully saturated rings. The van der Waals surface area contributed by atoms with Gasteiger partial charge in [0.25, 0.3) is 0 Å². The Morgan fingerprint density at radius 2 is 1.63 bits per heavy atom. The molecule has 0 radical (unpaired) electrons. The van der Waals surface area contributed by atoms with Crippen molar-refractivity contribution in [1.82, 2.24) is 0 Å². The van der Waals surface area contributed by atoms with Gasteiger partial charge in [0.15, 0.2) is 28.8 Å². The van der Waals surface area contributed by atoms with Crippen molar-refractivity contribution in [1.29, 1.82) is 0 Å². The molecule has 12 nitrogen and oxygen atoms in total. The van der Waals surface area contributed by atoms with Crippen LogP contribution < -0.4 is 23.7 Å². The SMILES string of the molecule is COc1cc2c(OC3OC(CO)C4OC(C)(C)OC4C3OC)c3c(c(-c4ccc5c(c4)OCO5)c2cc1OC)C(=O)OC3. The summed E-state index contributed by atoms with van der Waals surface area (Å²) in [5, 5.41) is 11.5. The molecule has 228 valence electrons. The molecule has 0 aromatic heterocycles. The summed E-state index contributed by atoms with van der Waals surface area (Å²) in [6.07, 6.45) is -3.67. The fraction of sp³-hybridized carbons (Fsp3) is 0.452. The normalized spacial score (nSPS) is 26.7.